The Morgan fingerprint density at radius 1 is 1.52 bits per heavy atom. The van der Waals surface area contributed by atoms with Gasteiger partial charge in [-0.3, -0.25) is 4.90 Å². The molecule has 7 heteroatoms. The van der Waals surface area contributed by atoms with Gasteiger partial charge in [0.15, 0.2) is 0 Å². The molecular formula is C18H26N4O3. The summed E-state index contributed by atoms with van der Waals surface area (Å²) >= 11 is 0. The van der Waals surface area contributed by atoms with Gasteiger partial charge < -0.3 is 13.7 Å². The fraction of sp³-hybridized carbons (Fsp3) is 0.611. The number of aromatic nitrogens is 3. The number of esters is 1. The molecule has 0 saturated carbocycles. The van der Waals surface area contributed by atoms with E-state index in [2.05, 4.69) is 33.5 Å². The van der Waals surface area contributed by atoms with E-state index in [1.165, 1.54) is 7.11 Å². The summed E-state index contributed by atoms with van der Waals surface area (Å²) in [7, 11) is 1.37. The van der Waals surface area contributed by atoms with Crippen LogP contribution < -0.4 is 0 Å². The maximum Gasteiger partial charge on any atom is 0.374 e. The van der Waals surface area contributed by atoms with Gasteiger partial charge in [0.25, 0.3) is 0 Å². The summed E-state index contributed by atoms with van der Waals surface area (Å²) in [6, 6.07) is 2.03. The molecule has 2 aromatic heterocycles. The van der Waals surface area contributed by atoms with Gasteiger partial charge in [-0.05, 0) is 46.2 Å². The van der Waals surface area contributed by atoms with Crippen LogP contribution in [-0.2, 0) is 11.3 Å². The summed E-state index contributed by atoms with van der Waals surface area (Å²) in [6.45, 7) is 8.89. The van der Waals surface area contributed by atoms with Gasteiger partial charge in [0, 0.05) is 24.6 Å². The smallest absolute Gasteiger partial charge is 0.374 e. The Bertz CT molecular complexity index is 737. The quantitative estimate of drug-likeness (QED) is 0.775. The van der Waals surface area contributed by atoms with Crippen LogP contribution in [0.5, 0.6) is 0 Å². The van der Waals surface area contributed by atoms with E-state index in [9.17, 15) is 4.79 Å². The van der Waals surface area contributed by atoms with Gasteiger partial charge in [-0.25, -0.2) is 4.79 Å². The number of carbonyl (C=O) groups excluding carboxylic acids is 1. The fourth-order valence-corrected chi connectivity index (χ4v) is 3.58. The average Bonchev–Trinajstić information content (AvgIpc) is 3.27. The molecule has 7 nitrogen and oxygen atoms in total. The zero-order valence-corrected chi connectivity index (χ0v) is 15.4. The first kappa shape index (κ1) is 17.7. The predicted molar refractivity (Wildman–Crippen MR) is 92.4 cm³/mol. The van der Waals surface area contributed by atoms with Gasteiger partial charge in [-0.2, -0.15) is 0 Å². The van der Waals surface area contributed by atoms with Crippen LogP contribution >= 0.6 is 0 Å². The third-order valence-corrected chi connectivity index (χ3v) is 5.07. The summed E-state index contributed by atoms with van der Waals surface area (Å²) in [5.41, 5.74) is 0.813. The highest BCUT2D eigenvalue weighted by Crippen LogP contribution is 2.32. The first-order chi connectivity index (χ1) is 12.0. The number of furan rings is 1. The summed E-state index contributed by atoms with van der Waals surface area (Å²) in [6.07, 6.45) is 4.03. The number of hydrogen-bond donors (Lipinski definition) is 0. The highest BCUT2D eigenvalue weighted by Gasteiger charge is 2.30. The number of piperidine rings is 1. The molecule has 0 aliphatic carbocycles. The Hall–Kier alpha value is -2.15. The van der Waals surface area contributed by atoms with Crippen molar-refractivity contribution in [1.82, 2.24) is 19.7 Å². The van der Waals surface area contributed by atoms with E-state index >= 15 is 0 Å². The second-order valence-electron chi connectivity index (χ2n) is 6.64. The number of ether oxygens (including phenoxy) is 1. The lowest BCUT2D eigenvalue weighted by atomic mass is 9.95. The average molecular weight is 346 g/mol. The SMILES string of the molecule is CCn1cnnc1[C@H]1CCCN([C@@H](C)c2cc(C)c(C(=O)OC)o2)C1. The third kappa shape index (κ3) is 3.46. The maximum atomic E-state index is 11.8. The number of nitrogens with zero attached hydrogens (tertiary/aromatic N) is 4. The summed E-state index contributed by atoms with van der Waals surface area (Å²) in [4.78, 5) is 14.2. The van der Waals surface area contributed by atoms with Crippen molar-refractivity contribution < 1.29 is 13.9 Å². The highest BCUT2D eigenvalue weighted by atomic mass is 16.5. The van der Waals surface area contributed by atoms with Crippen LogP contribution in [0, 0.1) is 6.92 Å². The predicted octanol–water partition coefficient (Wildman–Crippen LogP) is 2.93. The molecule has 136 valence electrons. The molecule has 1 aliphatic rings. The lowest BCUT2D eigenvalue weighted by molar-refractivity contribution is 0.0555. The first-order valence-corrected chi connectivity index (χ1v) is 8.85. The molecule has 2 aromatic rings. The second kappa shape index (κ2) is 7.39. The van der Waals surface area contributed by atoms with Crippen LogP contribution in [0.15, 0.2) is 16.8 Å². The molecule has 2 atom stereocenters. The molecule has 1 fully saturated rings. The molecule has 0 N–H and O–H groups in total. The lowest BCUT2D eigenvalue weighted by Crippen LogP contribution is -2.37. The largest absolute Gasteiger partial charge is 0.463 e. The van der Waals surface area contributed by atoms with Gasteiger partial charge in [-0.15, -0.1) is 10.2 Å². The molecule has 0 spiro atoms. The number of rotatable bonds is 5. The number of aryl methyl sites for hydroxylation is 2. The van der Waals surface area contributed by atoms with Crippen LogP contribution in [0.3, 0.4) is 0 Å². The number of hydrogen-bond acceptors (Lipinski definition) is 6. The van der Waals surface area contributed by atoms with Crippen LogP contribution in [0.4, 0.5) is 0 Å². The topological polar surface area (TPSA) is 73.4 Å². The lowest BCUT2D eigenvalue weighted by Gasteiger charge is -2.35. The van der Waals surface area contributed by atoms with E-state index in [-0.39, 0.29) is 6.04 Å². The van der Waals surface area contributed by atoms with Crippen LogP contribution in [0.2, 0.25) is 0 Å². The molecule has 0 bridgehead atoms. The first-order valence-electron chi connectivity index (χ1n) is 8.85. The molecule has 0 aromatic carbocycles. The van der Waals surface area contributed by atoms with Gasteiger partial charge in [-0.1, -0.05) is 0 Å². The highest BCUT2D eigenvalue weighted by molar-refractivity contribution is 5.87. The summed E-state index contributed by atoms with van der Waals surface area (Å²) in [5.74, 6) is 2.10. The monoisotopic (exact) mass is 346 g/mol. The van der Waals surface area contributed by atoms with Crippen LogP contribution in [0.25, 0.3) is 0 Å². The van der Waals surface area contributed by atoms with Crippen LogP contribution in [0.1, 0.15) is 66.4 Å². The Morgan fingerprint density at radius 3 is 3.04 bits per heavy atom. The van der Waals surface area contributed by atoms with Gasteiger partial charge in [0.2, 0.25) is 5.76 Å². The minimum absolute atomic E-state index is 0.0953. The third-order valence-electron chi connectivity index (χ3n) is 5.07. The molecule has 1 saturated heterocycles. The standard InChI is InChI=1S/C18H26N4O3/c1-5-21-11-19-20-17(21)14-7-6-8-22(10-14)13(3)15-9-12(2)16(25-15)18(23)24-4/h9,11,13-14H,5-8,10H2,1-4H3/t13-,14-/m0/s1. The van der Waals surface area contributed by atoms with E-state index in [0.29, 0.717) is 11.7 Å². The van der Waals surface area contributed by atoms with Crippen molar-refractivity contribution in [1.29, 1.82) is 0 Å². The van der Waals surface area contributed by atoms with Gasteiger partial charge >= 0.3 is 5.97 Å². The van der Waals surface area contributed by atoms with Crippen molar-refractivity contribution in [3.63, 3.8) is 0 Å². The van der Waals surface area contributed by atoms with Gasteiger partial charge in [0.1, 0.15) is 17.9 Å². The van der Waals surface area contributed by atoms with E-state index in [1.807, 2.05) is 13.0 Å². The normalized spacial score (nSPS) is 19.8. The Balaban J connectivity index is 1.76. The van der Waals surface area contributed by atoms with Crippen molar-refractivity contribution in [2.45, 2.75) is 52.1 Å². The summed E-state index contributed by atoms with van der Waals surface area (Å²) < 4.78 is 12.7. The minimum atomic E-state index is -0.427. The number of likely N-dealkylation sites (tertiary alicyclic amines) is 1. The number of methoxy groups -OCH3 is 1. The Labute approximate surface area is 148 Å². The van der Waals surface area contributed by atoms with E-state index < -0.39 is 5.97 Å². The molecule has 1 aliphatic heterocycles. The zero-order chi connectivity index (χ0) is 18.0. The Morgan fingerprint density at radius 2 is 2.32 bits per heavy atom. The van der Waals surface area contributed by atoms with Crippen molar-refractivity contribution in [3.8, 4) is 0 Å². The molecule has 0 unspecified atom stereocenters. The minimum Gasteiger partial charge on any atom is -0.463 e. The van der Waals surface area contributed by atoms with Crippen molar-refractivity contribution in [2.24, 2.45) is 0 Å². The van der Waals surface area contributed by atoms with E-state index in [1.54, 1.807) is 6.33 Å². The second-order valence-corrected chi connectivity index (χ2v) is 6.64. The molecule has 0 radical (unpaired) electrons. The van der Waals surface area contributed by atoms with Gasteiger partial charge in [0.05, 0.1) is 13.2 Å². The van der Waals surface area contributed by atoms with Crippen molar-refractivity contribution in [3.05, 3.63) is 35.3 Å². The fourth-order valence-electron chi connectivity index (χ4n) is 3.58. The summed E-state index contributed by atoms with van der Waals surface area (Å²) in [5, 5.41) is 8.40. The van der Waals surface area contributed by atoms with E-state index in [4.69, 9.17) is 9.15 Å². The van der Waals surface area contributed by atoms with Crippen molar-refractivity contribution >= 4 is 5.97 Å². The number of carbonyl (C=O) groups is 1. The molecule has 25 heavy (non-hydrogen) atoms. The molecule has 3 heterocycles. The van der Waals surface area contributed by atoms with E-state index in [0.717, 1.165) is 49.6 Å². The Kier molecular flexibility index (Phi) is 5.22. The molecular weight excluding hydrogens is 320 g/mol. The molecule has 0 amide bonds. The molecule has 3 rings (SSSR count). The van der Waals surface area contributed by atoms with Crippen molar-refractivity contribution in [2.75, 3.05) is 20.2 Å². The maximum absolute atomic E-state index is 11.8. The zero-order valence-electron chi connectivity index (χ0n) is 15.4. The van der Waals surface area contributed by atoms with Crippen LogP contribution in [-0.4, -0.2) is 45.8 Å².